The Hall–Kier alpha value is -1.75. The van der Waals surface area contributed by atoms with E-state index in [-0.39, 0.29) is 26.1 Å². The Morgan fingerprint density at radius 1 is 0.436 bits per heavy atom. The number of esters is 1. The maximum absolute atomic E-state index is 11.3. The first-order valence-corrected chi connectivity index (χ1v) is 13.2. The summed E-state index contributed by atoms with van der Waals surface area (Å²) in [6, 6.07) is 0. The van der Waals surface area contributed by atoms with Gasteiger partial charge in [-0.15, -0.1) is 0 Å². The smallest absolute Gasteiger partial charge is 0.372 e. The van der Waals surface area contributed by atoms with Crippen molar-refractivity contribution >= 4 is 17.7 Å². The molecule has 0 radical (unpaired) electrons. The van der Waals surface area contributed by atoms with Gasteiger partial charge in [-0.25, -0.2) is 4.79 Å². The molecule has 0 aromatic carbocycles. The van der Waals surface area contributed by atoms with E-state index in [1.54, 1.807) is 0 Å². The molecule has 0 saturated heterocycles. The highest BCUT2D eigenvalue weighted by atomic mass is 16.6. The van der Waals surface area contributed by atoms with Gasteiger partial charge in [0.05, 0.1) is 119 Å². The number of hydrogen-bond donors (Lipinski definition) is 1. The highest BCUT2D eigenvalue weighted by Crippen LogP contribution is 1.95. The zero-order valence-electron chi connectivity index (χ0n) is 23.1. The van der Waals surface area contributed by atoms with Crippen molar-refractivity contribution in [3.63, 3.8) is 0 Å². The van der Waals surface area contributed by atoms with Crippen LogP contribution in [0.4, 0.5) is 0 Å². The molecule has 0 unspecified atom stereocenters. The van der Waals surface area contributed by atoms with Crippen molar-refractivity contribution < 1.29 is 66.9 Å². The average molecular weight is 571 g/mol. The fraction of sp³-hybridized carbons (Fsp3) is 0.880. The van der Waals surface area contributed by atoms with Crippen LogP contribution in [0.5, 0.6) is 0 Å². The quantitative estimate of drug-likeness (QED) is 0.0659. The maximum atomic E-state index is 11.3. The number of Topliss-reactive ketones (excluding diaryl/α,β-unsaturated/α-hetero) is 1. The number of hydrogen-bond acceptors (Lipinski definition) is 13. The lowest BCUT2D eigenvalue weighted by Crippen LogP contribution is -2.17. The van der Waals surface area contributed by atoms with Gasteiger partial charge in [-0.2, -0.15) is 0 Å². The fourth-order valence-electron chi connectivity index (χ4n) is 2.51. The summed E-state index contributed by atoms with van der Waals surface area (Å²) in [5, 5.41) is 8.42. The van der Waals surface area contributed by atoms with Crippen LogP contribution < -0.4 is 0 Å². The van der Waals surface area contributed by atoms with Crippen molar-refractivity contribution in [2.24, 2.45) is 0 Å². The SMILES string of the molecule is CCOCCOCCOCCOCCOCCOCCOCCOCCOCCOC(=O)CCC(=O)C(=O)O. The second-order valence-corrected chi connectivity index (χ2v) is 7.54. The zero-order valence-corrected chi connectivity index (χ0v) is 23.1. The Morgan fingerprint density at radius 3 is 1.00 bits per heavy atom. The van der Waals surface area contributed by atoms with E-state index in [1.165, 1.54) is 0 Å². The van der Waals surface area contributed by atoms with Crippen LogP contribution >= 0.6 is 0 Å². The van der Waals surface area contributed by atoms with E-state index in [0.29, 0.717) is 112 Å². The monoisotopic (exact) mass is 570 g/mol. The van der Waals surface area contributed by atoms with E-state index < -0.39 is 17.7 Å². The third-order valence-corrected chi connectivity index (χ3v) is 4.47. The Labute approximate surface area is 230 Å². The van der Waals surface area contributed by atoms with Gasteiger partial charge in [0.1, 0.15) is 6.61 Å². The topological polar surface area (TPSA) is 164 Å². The van der Waals surface area contributed by atoms with Gasteiger partial charge in [0.2, 0.25) is 5.78 Å². The van der Waals surface area contributed by atoms with Crippen LogP contribution in [0.25, 0.3) is 0 Å². The number of carbonyl (C=O) groups is 3. The standard InChI is InChI=1S/C25H46O14/c1-2-30-5-6-31-7-8-32-9-10-33-11-12-34-13-14-35-15-16-36-17-18-37-19-20-38-21-22-39-24(27)4-3-23(26)25(28)29/h2-22H2,1H3,(H,28,29). The van der Waals surface area contributed by atoms with Crippen LogP contribution in [0.15, 0.2) is 0 Å². The average Bonchev–Trinajstić information content (AvgIpc) is 2.93. The van der Waals surface area contributed by atoms with E-state index in [2.05, 4.69) is 0 Å². The molecular formula is C25H46O14. The summed E-state index contributed by atoms with van der Waals surface area (Å²) in [4.78, 5) is 32.5. The largest absolute Gasteiger partial charge is 0.476 e. The molecule has 0 rings (SSSR count). The molecule has 0 aromatic heterocycles. The molecule has 0 heterocycles. The minimum atomic E-state index is -1.56. The highest BCUT2D eigenvalue weighted by molar-refractivity contribution is 6.32. The van der Waals surface area contributed by atoms with Crippen LogP contribution in [0.1, 0.15) is 19.8 Å². The van der Waals surface area contributed by atoms with Gasteiger partial charge in [0, 0.05) is 13.0 Å². The highest BCUT2D eigenvalue weighted by Gasteiger charge is 2.14. The van der Waals surface area contributed by atoms with E-state index in [9.17, 15) is 14.4 Å². The predicted octanol–water partition coefficient (Wildman–Crippen LogP) is 0.133. The first-order chi connectivity index (χ1) is 19.1. The molecule has 0 atom stereocenters. The van der Waals surface area contributed by atoms with Crippen molar-refractivity contribution in [2.45, 2.75) is 19.8 Å². The summed E-state index contributed by atoms with van der Waals surface area (Å²) >= 11 is 0. The molecule has 1 N–H and O–H groups in total. The summed E-state index contributed by atoms with van der Waals surface area (Å²) in [5.74, 6) is -3.23. The molecule has 0 saturated carbocycles. The molecule has 0 aliphatic rings. The Balaban J connectivity index is 3.13. The van der Waals surface area contributed by atoms with Crippen molar-refractivity contribution in [2.75, 3.05) is 126 Å². The number of ketones is 1. The summed E-state index contributed by atoms with van der Waals surface area (Å²) in [5.41, 5.74) is 0. The Kier molecular flexibility index (Phi) is 29.4. The number of carboxylic acids is 1. The van der Waals surface area contributed by atoms with Gasteiger partial charge in [-0.1, -0.05) is 0 Å². The van der Waals surface area contributed by atoms with Crippen LogP contribution in [0.2, 0.25) is 0 Å². The van der Waals surface area contributed by atoms with Crippen molar-refractivity contribution in [1.29, 1.82) is 0 Å². The summed E-state index contributed by atoms with van der Waals surface area (Å²) in [6.45, 7) is 10.5. The predicted molar refractivity (Wildman–Crippen MR) is 136 cm³/mol. The van der Waals surface area contributed by atoms with Gasteiger partial charge in [-0.05, 0) is 6.92 Å². The van der Waals surface area contributed by atoms with Crippen molar-refractivity contribution in [3.8, 4) is 0 Å². The molecule has 0 bridgehead atoms. The second-order valence-electron chi connectivity index (χ2n) is 7.54. The number of aliphatic carboxylic acids is 1. The van der Waals surface area contributed by atoms with Gasteiger partial charge >= 0.3 is 11.9 Å². The maximum Gasteiger partial charge on any atom is 0.372 e. The van der Waals surface area contributed by atoms with Gasteiger partial charge < -0.3 is 52.5 Å². The van der Waals surface area contributed by atoms with Gasteiger partial charge in [0.25, 0.3) is 0 Å². The van der Waals surface area contributed by atoms with Crippen molar-refractivity contribution in [3.05, 3.63) is 0 Å². The number of carbonyl (C=O) groups excluding carboxylic acids is 2. The number of carboxylic acid groups (broad SMARTS) is 1. The molecule has 0 fully saturated rings. The third-order valence-electron chi connectivity index (χ3n) is 4.47. The molecule has 0 aromatic rings. The molecule has 230 valence electrons. The van der Waals surface area contributed by atoms with Crippen LogP contribution in [-0.4, -0.2) is 148 Å². The molecular weight excluding hydrogens is 524 g/mol. The zero-order chi connectivity index (χ0) is 28.7. The van der Waals surface area contributed by atoms with E-state index >= 15 is 0 Å². The Bertz CT molecular complexity index is 575. The molecule has 14 heteroatoms. The third kappa shape index (κ3) is 30.6. The van der Waals surface area contributed by atoms with E-state index in [4.69, 9.17) is 52.5 Å². The van der Waals surface area contributed by atoms with Crippen molar-refractivity contribution in [1.82, 2.24) is 0 Å². The molecule has 14 nitrogen and oxygen atoms in total. The lowest BCUT2D eigenvalue weighted by molar-refractivity contribution is -0.151. The molecule has 0 aliphatic heterocycles. The minimum Gasteiger partial charge on any atom is -0.476 e. The van der Waals surface area contributed by atoms with E-state index in [0.717, 1.165) is 0 Å². The fourth-order valence-corrected chi connectivity index (χ4v) is 2.51. The first-order valence-electron chi connectivity index (χ1n) is 13.2. The molecule has 0 aliphatic carbocycles. The second kappa shape index (κ2) is 30.8. The lowest BCUT2D eigenvalue weighted by atomic mass is 10.2. The minimum absolute atomic E-state index is 0.0184. The summed E-state index contributed by atoms with van der Waals surface area (Å²) in [6.07, 6.45) is -0.652. The summed E-state index contributed by atoms with van der Waals surface area (Å²) in [7, 11) is 0. The normalized spacial score (nSPS) is 11.1. The van der Waals surface area contributed by atoms with Gasteiger partial charge in [-0.3, -0.25) is 9.59 Å². The van der Waals surface area contributed by atoms with Gasteiger partial charge in [0.15, 0.2) is 0 Å². The first kappa shape index (κ1) is 37.2. The van der Waals surface area contributed by atoms with E-state index in [1.807, 2.05) is 6.92 Å². The molecule has 0 spiro atoms. The Morgan fingerprint density at radius 2 is 0.718 bits per heavy atom. The van der Waals surface area contributed by atoms with Crippen LogP contribution in [-0.2, 0) is 61.8 Å². The number of rotatable bonds is 32. The molecule has 39 heavy (non-hydrogen) atoms. The molecule has 0 amide bonds. The summed E-state index contributed by atoms with van der Waals surface area (Å²) < 4.78 is 52.9. The van der Waals surface area contributed by atoms with Crippen LogP contribution in [0.3, 0.4) is 0 Å². The lowest BCUT2D eigenvalue weighted by Gasteiger charge is -2.09. The number of ether oxygens (including phenoxy) is 10. The van der Waals surface area contributed by atoms with Crippen LogP contribution in [0, 0.1) is 0 Å².